The molecule has 0 aromatic heterocycles. The van der Waals surface area contributed by atoms with E-state index in [1.165, 1.54) is 12.1 Å². The van der Waals surface area contributed by atoms with E-state index in [0.29, 0.717) is 25.2 Å². The van der Waals surface area contributed by atoms with Crippen LogP contribution >= 0.6 is 0 Å². The molecule has 2 aliphatic heterocycles. The molecule has 0 bridgehead atoms. The fourth-order valence-corrected chi connectivity index (χ4v) is 7.58. The van der Waals surface area contributed by atoms with Gasteiger partial charge in [0, 0.05) is 6.07 Å². The number of hydrogen-bond acceptors (Lipinski definition) is 9. The number of amides is 1. The highest BCUT2D eigenvalue weighted by atomic mass is 32.2. The zero-order valence-electron chi connectivity index (χ0n) is 26.2. The first-order chi connectivity index (χ1) is 22.8. The molecule has 1 saturated carbocycles. The zero-order valence-corrected chi connectivity index (χ0v) is 27.0. The lowest BCUT2D eigenvalue weighted by Gasteiger charge is -2.31. The molecule has 252 valence electrons. The van der Waals surface area contributed by atoms with Gasteiger partial charge in [0.25, 0.3) is 10.0 Å². The van der Waals surface area contributed by atoms with Crippen molar-refractivity contribution < 1.29 is 42.1 Å². The monoisotopic (exact) mass is 666 g/mol. The Labute approximate surface area is 275 Å². The van der Waals surface area contributed by atoms with Crippen LogP contribution in [0.5, 0.6) is 5.75 Å². The molecular formula is C35H42N2O9S. The Morgan fingerprint density at radius 1 is 0.936 bits per heavy atom. The number of aliphatic hydroxyl groups is 1. The lowest BCUT2D eigenvalue weighted by atomic mass is 10.0. The first-order valence-electron chi connectivity index (χ1n) is 16.2. The smallest absolute Gasteiger partial charge is 0.407 e. The maximum atomic E-state index is 14.1. The Morgan fingerprint density at radius 3 is 2.40 bits per heavy atom. The van der Waals surface area contributed by atoms with Crippen LogP contribution in [-0.2, 0) is 42.1 Å². The molecule has 5 atom stereocenters. The van der Waals surface area contributed by atoms with Gasteiger partial charge in [0.15, 0.2) is 6.29 Å². The summed E-state index contributed by atoms with van der Waals surface area (Å²) in [5.41, 5.74) is 1.79. The SMILES string of the molecule is O=C(N[C@@H](Cc1ccccc1)[C@H](O)CN(OC1CCCC1)S(=O)(=O)c1cccc(OCc2ccccc2)c1)O[C@@H]1COC2OCCC21. The summed E-state index contributed by atoms with van der Waals surface area (Å²) in [6.07, 6.45) is 0.963. The van der Waals surface area contributed by atoms with Crippen LogP contribution in [0.2, 0.25) is 0 Å². The lowest BCUT2D eigenvalue weighted by Crippen LogP contribution is -2.51. The number of hydrogen-bond donors (Lipinski definition) is 2. The molecule has 0 spiro atoms. The van der Waals surface area contributed by atoms with Crippen LogP contribution in [0.1, 0.15) is 43.2 Å². The average Bonchev–Trinajstić information content (AvgIpc) is 3.85. The molecule has 1 aliphatic carbocycles. The molecule has 1 amide bonds. The second kappa shape index (κ2) is 15.6. The van der Waals surface area contributed by atoms with E-state index in [1.54, 1.807) is 12.1 Å². The first-order valence-corrected chi connectivity index (χ1v) is 17.7. The third kappa shape index (κ3) is 8.69. The molecule has 2 saturated heterocycles. The van der Waals surface area contributed by atoms with Crippen molar-refractivity contribution in [1.82, 2.24) is 9.79 Å². The van der Waals surface area contributed by atoms with Crippen molar-refractivity contribution in [3.63, 3.8) is 0 Å². The summed E-state index contributed by atoms with van der Waals surface area (Å²) in [6.45, 7) is 0.621. The maximum absolute atomic E-state index is 14.1. The number of ether oxygens (including phenoxy) is 4. The fraction of sp³-hybridized carbons (Fsp3) is 0.457. The quantitative estimate of drug-likeness (QED) is 0.237. The lowest BCUT2D eigenvalue weighted by molar-refractivity contribution is -0.145. The fourth-order valence-electron chi connectivity index (χ4n) is 6.24. The van der Waals surface area contributed by atoms with Gasteiger partial charge in [0.1, 0.15) is 18.5 Å². The van der Waals surface area contributed by atoms with E-state index < -0.39 is 40.9 Å². The summed E-state index contributed by atoms with van der Waals surface area (Å²) in [7, 11) is -4.26. The Bertz CT molecular complexity index is 1550. The van der Waals surface area contributed by atoms with E-state index >= 15 is 0 Å². The van der Waals surface area contributed by atoms with Crippen LogP contribution in [0.4, 0.5) is 4.79 Å². The number of fused-ring (bicyclic) bond motifs is 1. The van der Waals surface area contributed by atoms with Crippen molar-refractivity contribution in [3.05, 3.63) is 96.1 Å². The van der Waals surface area contributed by atoms with E-state index in [9.17, 15) is 18.3 Å². The van der Waals surface area contributed by atoms with Crippen LogP contribution in [0, 0.1) is 5.92 Å². The number of carbonyl (C=O) groups excluding carboxylic acids is 1. The predicted molar refractivity (Wildman–Crippen MR) is 172 cm³/mol. The first kappa shape index (κ1) is 33.4. The number of nitrogens with one attached hydrogen (secondary N) is 1. The summed E-state index contributed by atoms with van der Waals surface area (Å²) >= 11 is 0. The number of alkyl carbamates (subject to hydrolysis) is 1. The minimum absolute atomic E-state index is 0.0326. The molecule has 12 heteroatoms. The molecule has 3 aliphatic rings. The minimum Gasteiger partial charge on any atom is -0.489 e. The Hall–Kier alpha value is -3.52. The Kier molecular flexibility index (Phi) is 11.1. The van der Waals surface area contributed by atoms with Gasteiger partial charge in [-0.05, 0) is 48.9 Å². The molecular weight excluding hydrogens is 624 g/mol. The molecule has 0 radical (unpaired) electrons. The molecule has 6 rings (SSSR count). The van der Waals surface area contributed by atoms with Gasteiger partial charge in [-0.1, -0.05) is 84.0 Å². The van der Waals surface area contributed by atoms with Crippen molar-refractivity contribution in [2.45, 2.75) is 80.7 Å². The standard InChI is InChI=1S/C35H42N2O9S/c38-32(31(20-25-10-3-1-4-11-25)36-35(39)45-33-24-44-34-30(33)18-19-42-34)22-37(46-27-14-7-8-15-27)47(40,41)29-17-9-16-28(21-29)43-23-26-12-5-2-6-13-26/h1-6,9-13,16-17,21,27,30-34,38H,7-8,14-15,18-20,22-24H2,(H,36,39)/t30?,31-,32+,33+,34?/m0/s1. The molecule has 3 fully saturated rings. The van der Waals surface area contributed by atoms with Gasteiger partial charge in [-0.3, -0.25) is 4.84 Å². The summed E-state index contributed by atoms with van der Waals surface area (Å²) in [4.78, 5) is 19.2. The molecule has 2 heterocycles. The van der Waals surface area contributed by atoms with Gasteiger partial charge in [0.05, 0.1) is 48.8 Å². The van der Waals surface area contributed by atoms with E-state index in [4.69, 9.17) is 23.8 Å². The number of nitrogens with zero attached hydrogens (tertiary/aromatic N) is 1. The molecule has 11 nitrogen and oxygen atoms in total. The van der Waals surface area contributed by atoms with Gasteiger partial charge in [-0.15, -0.1) is 0 Å². The number of benzene rings is 3. The van der Waals surface area contributed by atoms with Gasteiger partial charge in [-0.25, -0.2) is 13.2 Å². The number of aliphatic hydroxyl groups excluding tert-OH is 1. The Balaban J connectivity index is 1.19. The third-order valence-corrected chi connectivity index (χ3v) is 10.5. The highest BCUT2D eigenvalue weighted by Crippen LogP contribution is 2.33. The predicted octanol–water partition coefficient (Wildman–Crippen LogP) is 4.59. The van der Waals surface area contributed by atoms with Crippen molar-refractivity contribution in [1.29, 1.82) is 0 Å². The van der Waals surface area contributed by atoms with Crippen LogP contribution in [0.3, 0.4) is 0 Å². The normalized spacial score (nSPS) is 22.6. The van der Waals surface area contributed by atoms with Crippen molar-refractivity contribution in [3.8, 4) is 5.75 Å². The third-order valence-electron chi connectivity index (χ3n) is 8.83. The minimum atomic E-state index is -4.26. The zero-order chi connectivity index (χ0) is 32.6. The molecule has 3 aromatic carbocycles. The van der Waals surface area contributed by atoms with Crippen LogP contribution in [0.25, 0.3) is 0 Å². The van der Waals surface area contributed by atoms with Crippen LogP contribution in [-0.4, -0.2) is 74.5 Å². The number of hydroxylamine groups is 1. The Morgan fingerprint density at radius 2 is 1.66 bits per heavy atom. The topological polar surface area (TPSA) is 133 Å². The summed E-state index contributed by atoms with van der Waals surface area (Å²) in [6, 6.07) is 24.3. The molecule has 2 N–H and O–H groups in total. The van der Waals surface area contributed by atoms with E-state index in [-0.39, 0.29) is 42.8 Å². The molecule has 2 unspecified atom stereocenters. The number of carbonyl (C=O) groups is 1. The summed E-state index contributed by atoms with van der Waals surface area (Å²) in [5.74, 6) is 0.333. The van der Waals surface area contributed by atoms with Crippen LogP contribution in [0.15, 0.2) is 89.8 Å². The van der Waals surface area contributed by atoms with E-state index in [0.717, 1.165) is 34.9 Å². The summed E-state index contributed by atoms with van der Waals surface area (Å²) in [5, 5.41) is 14.4. The van der Waals surface area contributed by atoms with Crippen molar-refractivity contribution in [2.75, 3.05) is 19.8 Å². The second-order valence-corrected chi connectivity index (χ2v) is 14.1. The maximum Gasteiger partial charge on any atom is 0.407 e. The van der Waals surface area contributed by atoms with E-state index in [2.05, 4.69) is 5.32 Å². The summed E-state index contributed by atoms with van der Waals surface area (Å²) < 4.78 is 51.9. The molecule has 3 aromatic rings. The van der Waals surface area contributed by atoms with Gasteiger partial charge in [0.2, 0.25) is 0 Å². The highest BCUT2D eigenvalue weighted by molar-refractivity contribution is 7.89. The van der Waals surface area contributed by atoms with Gasteiger partial charge in [-0.2, -0.15) is 0 Å². The van der Waals surface area contributed by atoms with Gasteiger partial charge < -0.3 is 29.4 Å². The van der Waals surface area contributed by atoms with E-state index in [1.807, 2.05) is 60.7 Å². The average molecular weight is 667 g/mol. The van der Waals surface area contributed by atoms with Crippen molar-refractivity contribution >= 4 is 16.1 Å². The number of sulfonamides is 1. The van der Waals surface area contributed by atoms with Gasteiger partial charge >= 0.3 is 6.09 Å². The van der Waals surface area contributed by atoms with Crippen LogP contribution < -0.4 is 10.1 Å². The van der Waals surface area contributed by atoms with Crippen molar-refractivity contribution in [2.24, 2.45) is 5.92 Å². The second-order valence-electron chi connectivity index (χ2n) is 12.2. The number of rotatable bonds is 14. The largest absolute Gasteiger partial charge is 0.489 e. The highest BCUT2D eigenvalue weighted by Gasteiger charge is 2.44. The molecule has 47 heavy (non-hydrogen) atoms.